The van der Waals surface area contributed by atoms with Gasteiger partial charge in [0.25, 0.3) is 6.01 Å². The molecule has 0 aliphatic carbocycles. The van der Waals surface area contributed by atoms with Crippen LogP contribution in [0.2, 0.25) is 0 Å². The van der Waals surface area contributed by atoms with Crippen LogP contribution in [0.15, 0.2) is 33.2 Å². The number of nitrogens with zero attached hydrogens (tertiary/aromatic N) is 4. The first-order valence-corrected chi connectivity index (χ1v) is 9.43. The van der Waals surface area contributed by atoms with E-state index in [1.165, 1.54) is 0 Å². The Morgan fingerprint density at radius 1 is 1.19 bits per heavy atom. The molecule has 2 bridgehead atoms. The molecule has 3 fully saturated rings. The van der Waals surface area contributed by atoms with E-state index in [2.05, 4.69) is 15.0 Å². The SMILES string of the molecule is Cc1noc(C)c1CN1C(=O)C2CCC1CN(c1nc3ccccc3o1)C2. The molecule has 140 valence electrons. The summed E-state index contributed by atoms with van der Waals surface area (Å²) in [5.41, 5.74) is 3.51. The molecule has 0 N–H and O–H groups in total. The largest absolute Gasteiger partial charge is 0.423 e. The number of hydrogen-bond acceptors (Lipinski definition) is 6. The Bertz CT molecular complexity index is 955. The van der Waals surface area contributed by atoms with Crippen molar-refractivity contribution in [2.45, 2.75) is 39.3 Å². The molecule has 6 rings (SSSR count). The third kappa shape index (κ3) is 2.69. The number of carbonyl (C=O) groups excluding carboxylic acids is 1. The smallest absolute Gasteiger partial charge is 0.298 e. The van der Waals surface area contributed by atoms with E-state index in [0.717, 1.165) is 47.5 Å². The van der Waals surface area contributed by atoms with Crippen LogP contribution < -0.4 is 4.90 Å². The van der Waals surface area contributed by atoms with Crippen molar-refractivity contribution in [3.8, 4) is 0 Å². The average molecular weight is 366 g/mol. The molecule has 3 aliphatic rings. The number of aromatic nitrogens is 2. The zero-order chi connectivity index (χ0) is 18.5. The summed E-state index contributed by atoms with van der Waals surface area (Å²) < 4.78 is 11.2. The molecular formula is C20H22N4O3. The van der Waals surface area contributed by atoms with Crippen LogP contribution in [0, 0.1) is 19.8 Å². The number of anilines is 1. The molecule has 2 unspecified atom stereocenters. The van der Waals surface area contributed by atoms with Crippen LogP contribution in [0.4, 0.5) is 6.01 Å². The quantitative estimate of drug-likeness (QED) is 0.709. The summed E-state index contributed by atoms with van der Waals surface area (Å²) in [5.74, 6) is 0.973. The normalized spacial score (nSPS) is 22.7. The third-order valence-corrected chi connectivity index (χ3v) is 5.86. The molecule has 0 radical (unpaired) electrons. The number of para-hydroxylation sites is 2. The minimum absolute atomic E-state index is 0.0285. The van der Waals surface area contributed by atoms with E-state index < -0.39 is 0 Å². The average Bonchev–Trinajstić information content (AvgIpc) is 3.11. The monoisotopic (exact) mass is 366 g/mol. The van der Waals surface area contributed by atoms with Crippen molar-refractivity contribution in [3.63, 3.8) is 0 Å². The molecule has 3 saturated heterocycles. The van der Waals surface area contributed by atoms with Crippen LogP contribution in [0.1, 0.15) is 29.9 Å². The van der Waals surface area contributed by atoms with Crippen LogP contribution in [-0.2, 0) is 11.3 Å². The summed E-state index contributed by atoms with van der Waals surface area (Å²) in [7, 11) is 0. The second-order valence-corrected chi connectivity index (χ2v) is 7.57. The lowest BCUT2D eigenvalue weighted by Gasteiger charge is -2.35. The Kier molecular flexibility index (Phi) is 3.70. The Balaban J connectivity index is 1.44. The Hall–Kier alpha value is -2.83. The van der Waals surface area contributed by atoms with Crippen molar-refractivity contribution < 1.29 is 13.7 Å². The van der Waals surface area contributed by atoms with E-state index >= 15 is 0 Å². The number of hydrogen-bond donors (Lipinski definition) is 0. The maximum Gasteiger partial charge on any atom is 0.298 e. The number of amides is 1. The summed E-state index contributed by atoms with van der Waals surface area (Å²) in [6, 6.07) is 8.52. The van der Waals surface area contributed by atoms with E-state index in [-0.39, 0.29) is 17.9 Å². The van der Waals surface area contributed by atoms with Crippen LogP contribution in [-0.4, -0.2) is 40.1 Å². The first-order valence-electron chi connectivity index (χ1n) is 9.43. The molecule has 5 heterocycles. The fourth-order valence-electron chi connectivity index (χ4n) is 4.30. The zero-order valence-electron chi connectivity index (χ0n) is 15.5. The summed E-state index contributed by atoms with van der Waals surface area (Å²) in [6.07, 6.45) is 1.91. The van der Waals surface area contributed by atoms with E-state index in [0.29, 0.717) is 19.1 Å². The lowest BCUT2D eigenvalue weighted by atomic mass is 9.93. The maximum atomic E-state index is 13.1. The molecule has 2 atom stereocenters. The van der Waals surface area contributed by atoms with Gasteiger partial charge in [-0.2, -0.15) is 4.98 Å². The number of carbonyl (C=O) groups is 1. The van der Waals surface area contributed by atoms with E-state index in [1.807, 2.05) is 43.0 Å². The molecule has 7 nitrogen and oxygen atoms in total. The summed E-state index contributed by atoms with van der Waals surface area (Å²) >= 11 is 0. The molecule has 1 amide bonds. The van der Waals surface area contributed by atoms with E-state index in [1.54, 1.807) is 0 Å². The van der Waals surface area contributed by atoms with Crippen molar-refractivity contribution in [2.24, 2.45) is 5.92 Å². The number of oxazole rings is 1. The lowest BCUT2D eigenvalue weighted by molar-refractivity contribution is -0.140. The molecular weight excluding hydrogens is 344 g/mol. The fraction of sp³-hybridized carbons (Fsp3) is 0.450. The standard InChI is InChI=1S/C20H22N4O3/c1-12-16(13(2)27-22-12)11-24-15-8-7-14(19(24)25)9-23(10-15)20-21-17-5-3-4-6-18(17)26-20/h3-6,14-15H,7-11H2,1-2H3. The molecule has 7 heteroatoms. The number of fused-ring (bicyclic) bond motifs is 5. The van der Waals surface area contributed by atoms with Crippen molar-refractivity contribution in [1.29, 1.82) is 0 Å². The Morgan fingerprint density at radius 2 is 2.04 bits per heavy atom. The fourth-order valence-corrected chi connectivity index (χ4v) is 4.30. The molecule has 0 spiro atoms. The number of benzene rings is 1. The highest BCUT2D eigenvalue weighted by atomic mass is 16.5. The van der Waals surface area contributed by atoms with Gasteiger partial charge in [0.15, 0.2) is 5.58 Å². The van der Waals surface area contributed by atoms with E-state index in [4.69, 9.17) is 8.94 Å². The highest BCUT2D eigenvalue weighted by Gasteiger charge is 2.42. The first-order chi connectivity index (χ1) is 13.1. The predicted molar refractivity (Wildman–Crippen MR) is 99.3 cm³/mol. The maximum absolute atomic E-state index is 13.1. The Labute approximate surface area is 156 Å². The molecule has 3 aromatic rings. The minimum atomic E-state index is -0.0285. The van der Waals surface area contributed by atoms with Crippen LogP contribution in [0.25, 0.3) is 11.1 Å². The van der Waals surface area contributed by atoms with Gasteiger partial charge >= 0.3 is 0 Å². The minimum Gasteiger partial charge on any atom is -0.423 e. The Morgan fingerprint density at radius 3 is 2.81 bits per heavy atom. The van der Waals surface area contributed by atoms with Gasteiger partial charge in [0.05, 0.1) is 18.2 Å². The molecule has 3 aliphatic heterocycles. The summed E-state index contributed by atoms with van der Waals surface area (Å²) in [4.78, 5) is 21.9. The number of piperidine rings is 1. The van der Waals surface area contributed by atoms with Gasteiger partial charge in [0, 0.05) is 24.7 Å². The van der Waals surface area contributed by atoms with Crippen molar-refractivity contribution >= 4 is 23.0 Å². The van der Waals surface area contributed by atoms with Crippen LogP contribution in [0.5, 0.6) is 0 Å². The second-order valence-electron chi connectivity index (χ2n) is 7.57. The van der Waals surface area contributed by atoms with Gasteiger partial charge in [-0.1, -0.05) is 17.3 Å². The van der Waals surface area contributed by atoms with Gasteiger partial charge in [-0.15, -0.1) is 0 Å². The lowest BCUT2D eigenvalue weighted by Crippen LogP contribution is -2.47. The third-order valence-electron chi connectivity index (χ3n) is 5.86. The van der Waals surface area contributed by atoms with Crippen LogP contribution >= 0.6 is 0 Å². The van der Waals surface area contributed by atoms with Gasteiger partial charge in [-0.3, -0.25) is 4.79 Å². The summed E-state index contributed by atoms with van der Waals surface area (Å²) in [5, 5.41) is 4.03. The number of aryl methyl sites for hydroxylation is 2. The molecule has 27 heavy (non-hydrogen) atoms. The molecule has 2 aromatic heterocycles. The van der Waals surface area contributed by atoms with E-state index in [9.17, 15) is 4.79 Å². The van der Waals surface area contributed by atoms with Gasteiger partial charge in [-0.25, -0.2) is 0 Å². The summed E-state index contributed by atoms with van der Waals surface area (Å²) in [6.45, 7) is 5.78. The van der Waals surface area contributed by atoms with Gasteiger partial charge in [-0.05, 0) is 38.8 Å². The first kappa shape index (κ1) is 16.4. The zero-order valence-corrected chi connectivity index (χ0v) is 15.5. The highest BCUT2D eigenvalue weighted by Crippen LogP contribution is 2.34. The highest BCUT2D eigenvalue weighted by molar-refractivity contribution is 5.81. The molecule has 0 saturated carbocycles. The van der Waals surface area contributed by atoms with Gasteiger partial charge < -0.3 is 18.7 Å². The van der Waals surface area contributed by atoms with Crippen molar-refractivity contribution in [2.75, 3.05) is 18.0 Å². The van der Waals surface area contributed by atoms with Crippen molar-refractivity contribution in [1.82, 2.24) is 15.0 Å². The van der Waals surface area contributed by atoms with Crippen molar-refractivity contribution in [3.05, 3.63) is 41.3 Å². The topological polar surface area (TPSA) is 75.6 Å². The van der Waals surface area contributed by atoms with Gasteiger partial charge in [0.1, 0.15) is 11.3 Å². The van der Waals surface area contributed by atoms with Crippen LogP contribution in [0.3, 0.4) is 0 Å². The van der Waals surface area contributed by atoms with Gasteiger partial charge in [0.2, 0.25) is 5.91 Å². The predicted octanol–water partition coefficient (Wildman–Crippen LogP) is 3.06. The number of rotatable bonds is 3. The molecule has 1 aromatic carbocycles. The second kappa shape index (κ2) is 6.11.